The molecular weight excluding hydrogens is 275 g/mol. The Labute approximate surface area is 114 Å². The van der Waals surface area contributed by atoms with Gasteiger partial charge in [-0.3, -0.25) is 9.59 Å². The number of carboxylic acid groups (broad SMARTS) is 1. The summed E-state index contributed by atoms with van der Waals surface area (Å²) in [6.07, 6.45) is -1.10. The number of aliphatic carboxylic acids is 1. The van der Waals surface area contributed by atoms with Crippen LogP contribution in [0.4, 0.5) is 13.2 Å². The highest BCUT2D eigenvalue weighted by Crippen LogP contribution is 2.39. The maximum Gasteiger partial charge on any atom is 0.471 e. The summed E-state index contributed by atoms with van der Waals surface area (Å²) in [7, 11) is 0. The van der Waals surface area contributed by atoms with E-state index in [-0.39, 0.29) is 31.3 Å². The van der Waals surface area contributed by atoms with Crippen molar-refractivity contribution in [2.75, 3.05) is 13.1 Å². The zero-order chi connectivity index (χ0) is 14.9. The van der Waals surface area contributed by atoms with Gasteiger partial charge in [0.1, 0.15) is 0 Å². The molecule has 2 aliphatic rings. The smallest absolute Gasteiger partial charge is 0.471 e. The summed E-state index contributed by atoms with van der Waals surface area (Å²) >= 11 is 0. The van der Waals surface area contributed by atoms with Crippen molar-refractivity contribution in [2.24, 2.45) is 17.8 Å². The third-order valence-electron chi connectivity index (χ3n) is 4.51. The van der Waals surface area contributed by atoms with Gasteiger partial charge in [-0.25, -0.2) is 0 Å². The molecule has 0 unspecified atom stereocenters. The van der Waals surface area contributed by atoms with E-state index in [0.717, 1.165) is 30.6 Å². The second kappa shape index (κ2) is 5.61. The Morgan fingerprint density at radius 1 is 1.10 bits per heavy atom. The minimum absolute atomic E-state index is 0.0834. The van der Waals surface area contributed by atoms with E-state index in [1.807, 2.05) is 0 Å². The van der Waals surface area contributed by atoms with Gasteiger partial charge in [-0.15, -0.1) is 0 Å². The van der Waals surface area contributed by atoms with Crippen molar-refractivity contribution in [3.8, 4) is 0 Å². The monoisotopic (exact) mass is 293 g/mol. The predicted molar refractivity (Wildman–Crippen MR) is 63.8 cm³/mol. The highest BCUT2D eigenvalue weighted by Gasteiger charge is 2.47. The molecular formula is C13H18F3NO3. The molecule has 1 aliphatic carbocycles. The Morgan fingerprint density at radius 3 is 2.20 bits per heavy atom. The van der Waals surface area contributed by atoms with Gasteiger partial charge >= 0.3 is 18.1 Å². The van der Waals surface area contributed by atoms with Gasteiger partial charge in [0, 0.05) is 13.1 Å². The maximum absolute atomic E-state index is 12.5. The van der Waals surface area contributed by atoms with Crippen LogP contribution in [0.3, 0.4) is 0 Å². The minimum atomic E-state index is -4.88. The topological polar surface area (TPSA) is 57.6 Å². The Hall–Kier alpha value is -1.27. The first-order chi connectivity index (χ1) is 9.30. The molecule has 4 nitrogen and oxygen atoms in total. The molecule has 2 atom stereocenters. The summed E-state index contributed by atoms with van der Waals surface area (Å²) in [5, 5.41) is 9.23. The van der Waals surface area contributed by atoms with Crippen molar-refractivity contribution in [3.05, 3.63) is 0 Å². The van der Waals surface area contributed by atoms with Crippen LogP contribution in [0.5, 0.6) is 0 Å². The number of nitrogens with zero attached hydrogens (tertiary/aromatic N) is 1. The van der Waals surface area contributed by atoms with Crippen molar-refractivity contribution < 1.29 is 27.9 Å². The largest absolute Gasteiger partial charge is 0.481 e. The number of carbonyl (C=O) groups excluding carboxylic acids is 1. The van der Waals surface area contributed by atoms with Crippen molar-refractivity contribution in [1.29, 1.82) is 0 Å². The highest BCUT2D eigenvalue weighted by molar-refractivity contribution is 5.82. The molecule has 20 heavy (non-hydrogen) atoms. The van der Waals surface area contributed by atoms with Gasteiger partial charge < -0.3 is 10.0 Å². The minimum Gasteiger partial charge on any atom is -0.481 e. The molecule has 0 spiro atoms. The summed E-state index contributed by atoms with van der Waals surface area (Å²) < 4.78 is 37.5. The Bertz CT molecular complexity index is 391. The van der Waals surface area contributed by atoms with E-state index in [1.165, 1.54) is 0 Å². The molecule has 1 saturated carbocycles. The average Bonchev–Trinajstić information content (AvgIpc) is 2.89. The van der Waals surface area contributed by atoms with Crippen molar-refractivity contribution in [1.82, 2.24) is 4.90 Å². The van der Waals surface area contributed by atoms with Crippen LogP contribution in [0.1, 0.15) is 32.1 Å². The third-order valence-corrected chi connectivity index (χ3v) is 4.51. The van der Waals surface area contributed by atoms with Gasteiger partial charge in [0.15, 0.2) is 0 Å². The quantitative estimate of drug-likeness (QED) is 0.850. The van der Waals surface area contributed by atoms with Gasteiger partial charge in [0.25, 0.3) is 0 Å². The summed E-state index contributed by atoms with van der Waals surface area (Å²) in [6.45, 7) is -0.210. The first-order valence-electron chi connectivity index (χ1n) is 6.89. The van der Waals surface area contributed by atoms with Crippen LogP contribution in [0.2, 0.25) is 0 Å². The molecule has 114 valence electrons. The van der Waals surface area contributed by atoms with E-state index in [1.54, 1.807) is 0 Å². The summed E-state index contributed by atoms with van der Waals surface area (Å²) in [5.74, 6) is -3.66. The number of hydrogen-bond donors (Lipinski definition) is 1. The number of likely N-dealkylation sites (tertiary alicyclic amines) is 1. The number of alkyl halides is 3. The van der Waals surface area contributed by atoms with E-state index in [0.29, 0.717) is 0 Å². The molecule has 0 aromatic rings. The molecule has 0 radical (unpaired) electrons. The second-order valence-electron chi connectivity index (χ2n) is 5.69. The van der Waals surface area contributed by atoms with E-state index in [2.05, 4.69) is 0 Å². The van der Waals surface area contributed by atoms with Gasteiger partial charge in [0.2, 0.25) is 0 Å². The lowest BCUT2D eigenvalue weighted by Gasteiger charge is -2.39. The van der Waals surface area contributed by atoms with Crippen LogP contribution in [0.25, 0.3) is 0 Å². The van der Waals surface area contributed by atoms with Gasteiger partial charge in [-0.05, 0) is 18.3 Å². The normalized spacial score (nSPS) is 28.6. The first kappa shape index (κ1) is 15.1. The van der Waals surface area contributed by atoms with E-state index in [4.69, 9.17) is 0 Å². The molecule has 1 N–H and O–H groups in total. The lowest BCUT2D eigenvalue weighted by Crippen LogP contribution is -2.51. The summed E-state index contributed by atoms with van der Waals surface area (Å²) in [6, 6.07) is 0. The second-order valence-corrected chi connectivity index (χ2v) is 5.69. The van der Waals surface area contributed by atoms with Crippen molar-refractivity contribution in [3.63, 3.8) is 0 Å². The van der Waals surface area contributed by atoms with Gasteiger partial charge in [-0.2, -0.15) is 13.2 Å². The van der Waals surface area contributed by atoms with Gasteiger partial charge in [-0.1, -0.05) is 25.7 Å². The molecule has 2 rings (SSSR count). The predicted octanol–water partition coefficient (Wildman–Crippen LogP) is 2.29. The van der Waals surface area contributed by atoms with E-state index >= 15 is 0 Å². The van der Waals surface area contributed by atoms with Crippen LogP contribution >= 0.6 is 0 Å². The van der Waals surface area contributed by atoms with E-state index in [9.17, 15) is 27.9 Å². The van der Waals surface area contributed by atoms with Crippen LogP contribution in [-0.4, -0.2) is 41.1 Å². The van der Waals surface area contributed by atoms with Gasteiger partial charge in [0.05, 0.1) is 5.92 Å². The Balaban J connectivity index is 2.11. The maximum atomic E-state index is 12.5. The molecule has 0 aromatic heterocycles. The molecule has 1 amide bonds. The fourth-order valence-electron chi connectivity index (χ4n) is 3.52. The van der Waals surface area contributed by atoms with Crippen LogP contribution in [0, 0.1) is 17.8 Å². The summed E-state index contributed by atoms with van der Waals surface area (Å²) in [5.41, 5.74) is 0. The lowest BCUT2D eigenvalue weighted by atomic mass is 9.76. The first-order valence-corrected chi connectivity index (χ1v) is 6.89. The lowest BCUT2D eigenvalue weighted by molar-refractivity contribution is -0.189. The fraction of sp³-hybridized carbons (Fsp3) is 0.846. The molecule has 1 heterocycles. The van der Waals surface area contributed by atoms with Crippen molar-refractivity contribution >= 4 is 11.9 Å². The average molecular weight is 293 g/mol. The standard InChI is InChI=1S/C13H18F3NO3/c14-13(15,16)12(20)17-6-5-9(11(18)19)10(7-17)8-3-1-2-4-8/h8-10H,1-7H2,(H,18,19)/t9-,10-/m0/s1. The molecule has 0 aromatic carbocycles. The summed E-state index contributed by atoms with van der Waals surface area (Å²) in [4.78, 5) is 23.4. The van der Waals surface area contributed by atoms with Crippen LogP contribution in [-0.2, 0) is 9.59 Å². The zero-order valence-corrected chi connectivity index (χ0v) is 11.0. The van der Waals surface area contributed by atoms with E-state index < -0.39 is 24.0 Å². The number of carboxylic acids is 1. The number of rotatable bonds is 2. The Morgan fingerprint density at radius 2 is 1.70 bits per heavy atom. The van der Waals surface area contributed by atoms with Crippen LogP contribution < -0.4 is 0 Å². The zero-order valence-electron chi connectivity index (χ0n) is 11.0. The molecule has 1 aliphatic heterocycles. The third kappa shape index (κ3) is 3.07. The number of piperidine rings is 1. The van der Waals surface area contributed by atoms with Crippen LogP contribution in [0.15, 0.2) is 0 Å². The molecule has 1 saturated heterocycles. The van der Waals surface area contributed by atoms with Crippen molar-refractivity contribution in [2.45, 2.75) is 38.3 Å². The number of hydrogen-bond acceptors (Lipinski definition) is 2. The molecule has 0 bridgehead atoms. The Kier molecular flexibility index (Phi) is 4.25. The SMILES string of the molecule is O=C(O)[C@H]1CCN(C(=O)C(F)(F)F)C[C@H]1C1CCCC1. The number of halogens is 3. The molecule has 7 heteroatoms. The highest BCUT2D eigenvalue weighted by atomic mass is 19.4. The fourth-order valence-corrected chi connectivity index (χ4v) is 3.52. The molecule has 2 fully saturated rings. The number of amides is 1. The number of carbonyl (C=O) groups is 2.